The van der Waals surface area contributed by atoms with Gasteiger partial charge in [0, 0.05) is 56.4 Å². The molecule has 0 spiro atoms. The zero-order valence-corrected chi connectivity index (χ0v) is 17.5. The summed E-state index contributed by atoms with van der Waals surface area (Å²) in [6.45, 7) is 2.84. The van der Waals surface area contributed by atoms with Crippen LogP contribution in [0.2, 0.25) is 0 Å². The number of H-pyrrole nitrogens is 1. The maximum Gasteiger partial charge on any atom is 0.271 e. The summed E-state index contributed by atoms with van der Waals surface area (Å²) >= 11 is 0. The van der Waals surface area contributed by atoms with Crippen LogP contribution in [-0.2, 0) is 4.79 Å². The van der Waals surface area contributed by atoms with Crippen molar-refractivity contribution in [2.75, 3.05) is 45.2 Å². The summed E-state index contributed by atoms with van der Waals surface area (Å²) in [4.78, 5) is 42.4. The number of amides is 1. The third-order valence-corrected chi connectivity index (χ3v) is 5.55. The number of nitrogens with zero attached hydrogens (tertiary/aromatic N) is 5. The monoisotopic (exact) mass is 408 g/mol. The highest BCUT2D eigenvalue weighted by Crippen LogP contribution is 2.33. The fraction of sp³-hybridized carbons (Fsp3) is 0.455. The van der Waals surface area contributed by atoms with Gasteiger partial charge in [-0.05, 0) is 38.9 Å². The highest BCUT2D eigenvalue weighted by atomic mass is 16.2. The van der Waals surface area contributed by atoms with Crippen LogP contribution in [0.5, 0.6) is 0 Å². The van der Waals surface area contributed by atoms with Crippen molar-refractivity contribution in [1.29, 1.82) is 0 Å². The molecule has 2 aromatic rings. The minimum atomic E-state index is -0.112. The number of anilines is 1. The smallest absolute Gasteiger partial charge is 0.271 e. The molecule has 30 heavy (non-hydrogen) atoms. The number of aromatic nitrogens is 3. The molecule has 158 valence electrons. The van der Waals surface area contributed by atoms with Crippen LogP contribution in [0.1, 0.15) is 12.8 Å². The normalized spacial score (nSPS) is 16.8. The second-order valence-electron chi connectivity index (χ2n) is 8.35. The Morgan fingerprint density at radius 2 is 2.10 bits per heavy atom. The van der Waals surface area contributed by atoms with Gasteiger partial charge in [0.15, 0.2) is 0 Å². The van der Waals surface area contributed by atoms with E-state index in [-0.39, 0.29) is 17.5 Å². The van der Waals surface area contributed by atoms with Gasteiger partial charge in [0.25, 0.3) is 5.56 Å². The Hall–Kier alpha value is -3.00. The first-order valence-electron chi connectivity index (χ1n) is 10.4. The Kier molecular flexibility index (Phi) is 5.94. The Morgan fingerprint density at radius 3 is 2.77 bits per heavy atom. The molecule has 4 rings (SSSR count). The number of carbonyl (C=O) groups is 1. The van der Waals surface area contributed by atoms with Crippen LogP contribution in [-0.4, -0.2) is 77.0 Å². The third kappa shape index (κ3) is 4.76. The minimum absolute atomic E-state index is 0.0293. The number of aromatic amines is 1. The number of likely N-dealkylation sites (tertiary alicyclic amines) is 1. The van der Waals surface area contributed by atoms with Gasteiger partial charge in [0.05, 0.1) is 17.9 Å². The summed E-state index contributed by atoms with van der Waals surface area (Å²) < 4.78 is 0. The third-order valence-electron chi connectivity index (χ3n) is 5.55. The molecular formula is C22H28N6O2. The SMILES string of the molecule is CN(C)C/C=C/C(=O)N1CC(N(CC2CC2)c2cc(-c3cnccn3)c[nH]c2=O)C1. The highest BCUT2D eigenvalue weighted by Gasteiger charge is 2.37. The van der Waals surface area contributed by atoms with E-state index < -0.39 is 0 Å². The zero-order valence-electron chi connectivity index (χ0n) is 17.5. The number of carbonyl (C=O) groups excluding carboxylic acids is 1. The number of nitrogens with one attached hydrogen (secondary N) is 1. The fourth-order valence-electron chi connectivity index (χ4n) is 3.61. The van der Waals surface area contributed by atoms with E-state index in [0.717, 1.165) is 24.3 Å². The van der Waals surface area contributed by atoms with Gasteiger partial charge in [0.2, 0.25) is 5.91 Å². The summed E-state index contributed by atoms with van der Waals surface area (Å²) in [5.74, 6) is 0.649. The van der Waals surface area contributed by atoms with Crippen molar-refractivity contribution in [3.63, 3.8) is 0 Å². The summed E-state index contributed by atoms with van der Waals surface area (Å²) in [6, 6.07) is 2.04. The molecule has 0 bridgehead atoms. The summed E-state index contributed by atoms with van der Waals surface area (Å²) in [5.41, 5.74) is 2.08. The van der Waals surface area contributed by atoms with E-state index in [1.807, 2.05) is 36.0 Å². The maximum atomic E-state index is 12.7. The Labute approximate surface area is 176 Å². The number of rotatable bonds is 8. The van der Waals surface area contributed by atoms with Crippen LogP contribution in [0.4, 0.5) is 5.69 Å². The molecule has 1 N–H and O–H groups in total. The van der Waals surface area contributed by atoms with Gasteiger partial charge in [0.1, 0.15) is 5.69 Å². The van der Waals surface area contributed by atoms with Crippen molar-refractivity contribution >= 4 is 11.6 Å². The quantitative estimate of drug-likeness (QED) is 0.664. The van der Waals surface area contributed by atoms with Crippen LogP contribution < -0.4 is 10.5 Å². The van der Waals surface area contributed by atoms with Gasteiger partial charge in [-0.3, -0.25) is 19.6 Å². The molecule has 0 aromatic carbocycles. The van der Waals surface area contributed by atoms with E-state index in [4.69, 9.17) is 0 Å². The molecule has 8 nitrogen and oxygen atoms in total. The molecule has 0 unspecified atom stereocenters. The molecule has 1 aliphatic heterocycles. The first kappa shape index (κ1) is 20.3. The Bertz CT molecular complexity index is 961. The zero-order chi connectivity index (χ0) is 21.1. The number of likely N-dealkylation sites (N-methyl/N-ethyl adjacent to an activating group) is 1. The van der Waals surface area contributed by atoms with Crippen molar-refractivity contribution < 1.29 is 4.79 Å². The average molecular weight is 409 g/mol. The lowest BCUT2D eigenvalue weighted by atomic mass is 10.0. The predicted octanol–water partition coefficient (Wildman–Crippen LogP) is 1.38. The lowest BCUT2D eigenvalue weighted by Gasteiger charge is -2.46. The molecular weight excluding hydrogens is 380 g/mol. The predicted molar refractivity (Wildman–Crippen MR) is 116 cm³/mol. The molecule has 2 aromatic heterocycles. The molecule has 1 saturated carbocycles. The summed E-state index contributed by atoms with van der Waals surface area (Å²) in [6.07, 6.45) is 12.5. The highest BCUT2D eigenvalue weighted by molar-refractivity contribution is 5.88. The average Bonchev–Trinajstić information content (AvgIpc) is 3.51. The summed E-state index contributed by atoms with van der Waals surface area (Å²) in [7, 11) is 3.94. The molecule has 0 atom stereocenters. The molecule has 8 heteroatoms. The lowest BCUT2D eigenvalue weighted by Crippen LogP contribution is -2.62. The van der Waals surface area contributed by atoms with Crippen LogP contribution in [0.25, 0.3) is 11.3 Å². The van der Waals surface area contributed by atoms with Crippen LogP contribution in [0.3, 0.4) is 0 Å². The molecule has 1 amide bonds. The fourth-order valence-corrected chi connectivity index (χ4v) is 3.61. The molecule has 0 radical (unpaired) electrons. The number of hydrogen-bond donors (Lipinski definition) is 1. The molecule has 2 aliphatic rings. The van der Waals surface area contributed by atoms with E-state index in [2.05, 4.69) is 19.9 Å². The van der Waals surface area contributed by atoms with E-state index >= 15 is 0 Å². The molecule has 1 saturated heterocycles. The van der Waals surface area contributed by atoms with Gasteiger partial charge in [-0.15, -0.1) is 0 Å². The van der Waals surface area contributed by atoms with Gasteiger partial charge in [-0.25, -0.2) is 0 Å². The first-order chi connectivity index (χ1) is 14.5. The van der Waals surface area contributed by atoms with Crippen molar-refractivity contribution in [2.45, 2.75) is 18.9 Å². The van der Waals surface area contributed by atoms with Crippen LogP contribution in [0, 0.1) is 5.92 Å². The summed E-state index contributed by atoms with van der Waals surface area (Å²) in [5, 5.41) is 0. The standard InChI is InChI=1S/C22H28N6O2/c1-26(2)9-3-4-21(29)27-14-18(15-27)28(13-16-5-6-16)20-10-17(11-25-22(20)30)19-12-23-7-8-24-19/h3-4,7-8,10-12,16,18H,5-6,9,13-15H2,1-2H3,(H,25,30)/b4-3+. The van der Waals surface area contributed by atoms with Crippen molar-refractivity contribution in [3.8, 4) is 11.3 Å². The van der Waals surface area contributed by atoms with E-state index in [1.54, 1.807) is 30.9 Å². The first-order valence-corrected chi connectivity index (χ1v) is 10.4. The number of pyridine rings is 1. The molecule has 3 heterocycles. The Morgan fingerprint density at radius 1 is 1.30 bits per heavy atom. The van der Waals surface area contributed by atoms with Crippen molar-refractivity contribution in [2.24, 2.45) is 5.92 Å². The second-order valence-corrected chi connectivity index (χ2v) is 8.35. The van der Waals surface area contributed by atoms with Crippen molar-refractivity contribution in [1.82, 2.24) is 24.8 Å². The van der Waals surface area contributed by atoms with E-state index in [9.17, 15) is 9.59 Å². The Balaban J connectivity index is 1.50. The number of hydrogen-bond acceptors (Lipinski definition) is 6. The molecule has 1 aliphatic carbocycles. The van der Waals surface area contributed by atoms with Gasteiger partial charge in [-0.2, -0.15) is 0 Å². The maximum absolute atomic E-state index is 12.7. The van der Waals surface area contributed by atoms with Crippen LogP contribution >= 0.6 is 0 Å². The van der Waals surface area contributed by atoms with Gasteiger partial charge < -0.3 is 19.7 Å². The van der Waals surface area contributed by atoms with E-state index in [0.29, 0.717) is 24.7 Å². The topological polar surface area (TPSA) is 85.4 Å². The van der Waals surface area contributed by atoms with Gasteiger partial charge in [-0.1, -0.05) is 6.08 Å². The molecule has 2 fully saturated rings. The van der Waals surface area contributed by atoms with Crippen LogP contribution in [0.15, 0.2) is 47.8 Å². The van der Waals surface area contributed by atoms with Crippen molar-refractivity contribution in [3.05, 3.63) is 53.4 Å². The largest absolute Gasteiger partial charge is 0.360 e. The minimum Gasteiger partial charge on any atom is -0.360 e. The van der Waals surface area contributed by atoms with Gasteiger partial charge >= 0.3 is 0 Å². The lowest BCUT2D eigenvalue weighted by molar-refractivity contribution is -0.130. The second kappa shape index (κ2) is 8.79. The van der Waals surface area contributed by atoms with E-state index in [1.165, 1.54) is 12.8 Å².